The number of rotatable bonds is 6. The number of nitrogens with zero attached hydrogens (tertiary/aromatic N) is 4. The van der Waals surface area contributed by atoms with Gasteiger partial charge in [0.05, 0.1) is 6.10 Å². The van der Waals surface area contributed by atoms with Crippen molar-refractivity contribution in [2.45, 2.75) is 45.3 Å². The highest BCUT2D eigenvalue weighted by atomic mass is 16.5. The molecule has 0 spiro atoms. The van der Waals surface area contributed by atoms with E-state index in [4.69, 9.17) is 10.5 Å². The molecule has 1 aromatic rings. The highest BCUT2D eigenvalue weighted by Crippen LogP contribution is 2.33. The van der Waals surface area contributed by atoms with E-state index in [9.17, 15) is 4.79 Å². The number of hydrogen-bond donors (Lipinski definition) is 2. The van der Waals surface area contributed by atoms with E-state index in [1.165, 1.54) is 0 Å². The Labute approximate surface area is 155 Å². The summed E-state index contributed by atoms with van der Waals surface area (Å²) in [6, 6.07) is 2.19. The van der Waals surface area contributed by atoms with Crippen LogP contribution in [0.1, 0.15) is 33.1 Å². The smallest absolute Gasteiger partial charge is 0.225 e. The summed E-state index contributed by atoms with van der Waals surface area (Å²) in [6.45, 7) is 7.26. The molecule has 1 amide bonds. The van der Waals surface area contributed by atoms with Gasteiger partial charge in [-0.15, -0.1) is 0 Å². The van der Waals surface area contributed by atoms with Crippen LogP contribution in [0.2, 0.25) is 0 Å². The van der Waals surface area contributed by atoms with Crippen LogP contribution < -0.4 is 20.7 Å². The van der Waals surface area contributed by atoms with Gasteiger partial charge in [-0.05, 0) is 39.7 Å². The van der Waals surface area contributed by atoms with Crippen molar-refractivity contribution >= 4 is 17.7 Å². The predicted octanol–water partition coefficient (Wildman–Crippen LogP) is 0.883. The molecule has 0 aliphatic carbocycles. The van der Waals surface area contributed by atoms with Crippen LogP contribution in [0.25, 0.3) is 0 Å². The van der Waals surface area contributed by atoms with Gasteiger partial charge in [0.2, 0.25) is 17.7 Å². The lowest BCUT2D eigenvalue weighted by Crippen LogP contribution is -2.57. The number of amides is 1. The van der Waals surface area contributed by atoms with E-state index in [0.717, 1.165) is 44.8 Å². The van der Waals surface area contributed by atoms with Crippen molar-refractivity contribution in [3.63, 3.8) is 0 Å². The van der Waals surface area contributed by atoms with E-state index in [2.05, 4.69) is 25.1 Å². The molecule has 0 aromatic carbocycles. The van der Waals surface area contributed by atoms with Crippen molar-refractivity contribution in [2.75, 3.05) is 43.9 Å². The number of ether oxygens (including phenoxy) is 1. The van der Waals surface area contributed by atoms with Crippen molar-refractivity contribution in [1.29, 1.82) is 0 Å². The second kappa shape index (κ2) is 8.07. The summed E-state index contributed by atoms with van der Waals surface area (Å²) in [5, 5.41) is 3.14. The summed E-state index contributed by atoms with van der Waals surface area (Å²) in [5.41, 5.74) is 5.88. The molecule has 1 aromatic heterocycles. The number of likely N-dealkylation sites (N-methyl/N-ethyl adjacent to an activating group) is 1. The Morgan fingerprint density at radius 3 is 2.92 bits per heavy atom. The fourth-order valence-corrected chi connectivity index (χ4v) is 3.98. The van der Waals surface area contributed by atoms with Gasteiger partial charge < -0.3 is 25.6 Å². The van der Waals surface area contributed by atoms with Crippen LogP contribution >= 0.6 is 0 Å². The number of anilines is 2. The predicted molar refractivity (Wildman–Crippen MR) is 101 cm³/mol. The molecule has 3 rings (SSSR count). The molecule has 8 nitrogen and oxygen atoms in total. The number of nitrogens with one attached hydrogen (secondary N) is 1. The lowest BCUT2D eigenvalue weighted by Gasteiger charge is -2.47. The van der Waals surface area contributed by atoms with Crippen molar-refractivity contribution in [3.8, 4) is 5.88 Å². The number of aromatic nitrogens is 2. The summed E-state index contributed by atoms with van der Waals surface area (Å²) in [6.07, 6.45) is 2.55. The largest absolute Gasteiger partial charge is 0.475 e. The van der Waals surface area contributed by atoms with Crippen molar-refractivity contribution < 1.29 is 9.53 Å². The number of nitrogens with two attached hydrogens (primary N) is 1. The summed E-state index contributed by atoms with van der Waals surface area (Å²) in [4.78, 5) is 25.2. The average molecular weight is 362 g/mol. The van der Waals surface area contributed by atoms with Gasteiger partial charge in [-0.2, -0.15) is 9.97 Å². The first kappa shape index (κ1) is 18.7. The molecule has 2 aliphatic heterocycles. The third-order valence-electron chi connectivity index (χ3n) is 5.13. The van der Waals surface area contributed by atoms with E-state index in [1.807, 2.05) is 27.0 Å². The van der Waals surface area contributed by atoms with Crippen LogP contribution in [0.15, 0.2) is 6.07 Å². The van der Waals surface area contributed by atoms with Gasteiger partial charge in [0.25, 0.3) is 0 Å². The van der Waals surface area contributed by atoms with Crippen LogP contribution in [-0.4, -0.2) is 66.1 Å². The lowest BCUT2D eigenvalue weighted by atomic mass is 9.83. The molecule has 2 atom stereocenters. The summed E-state index contributed by atoms with van der Waals surface area (Å²) in [5.74, 6) is 2.30. The molecular weight excluding hydrogens is 332 g/mol. The second-order valence-corrected chi connectivity index (χ2v) is 7.38. The van der Waals surface area contributed by atoms with Crippen LogP contribution in [0.4, 0.5) is 11.8 Å². The molecule has 8 heteroatoms. The fourth-order valence-electron chi connectivity index (χ4n) is 3.98. The maximum Gasteiger partial charge on any atom is 0.225 e. The van der Waals surface area contributed by atoms with E-state index in [0.29, 0.717) is 24.3 Å². The second-order valence-electron chi connectivity index (χ2n) is 7.38. The number of carbonyl (C=O) groups is 1. The number of fused-ring (bicyclic) bond motifs is 1. The van der Waals surface area contributed by atoms with Gasteiger partial charge in [-0.3, -0.25) is 4.79 Å². The Balaban J connectivity index is 1.72. The number of carbonyl (C=O) groups excluding carboxylic acids is 1. The first-order valence-corrected chi connectivity index (χ1v) is 9.48. The average Bonchev–Trinajstić information content (AvgIpc) is 2.59. The van der Waals surface area contributed by atoms with Gasteiger partial charge in [0, 0.05) is 44.7 Å². The number of piperidine rings is 2. The minimum Gasteiger partial charge on any atom is -0.475 e. The standard InChI is InChI=1S/C18H30N6O2/c1-12(2)26-16-10-15(21-18(19)22-16)23-8-6-14-13(11-23)4-5-17(25)24(14)9-7-20-3/h10,12-14,20H,4-9,11H2,1-3H3,(H2,19,21,22)/t13-,14+/m0/s1. The number of likely N-dealkylation sites (tertiary alicyclic amines) is 1. The zero-order valence-corrected chi connectivity index (χ0v) is 15.9. The zero-order valence-electron chi connectivity index (χ0n) is 15.9. The summed E-state index contributed by atoms with van der Waals surface area (Å²) < 4.78 is 5.69. The Kier molecular flexibility index (Phi) is 5.80. The topological polar surface area (TPSA) is 96.6 Å². The summed E-state index contributed by atoms with van der Waals surface area (Å²) in [7, 11) is 1.92. The quantitative estimate of drug-likeness (QED) is 0.775. The molecule has 3 heterocycles. The first-order chi connectivity index (χ1) is 12.5. The molecule has 0 unspecified atom stereocenters. The van der Waals surface area contributed by atoms with Crippen LogP contribution in [0.3, 0.4) is 0 Å². The van der Waals surface area contributed by atoms with E-state index in [1.54, 1.807) is 0 Å². The van der Waals surface area contributed by atoms with Gasteiger partial charge in [0.15, 0.2) is 0 Å². The van der Waals surface area contributed by atoms with Gasteiger partial charge >= 0.3 is 0 Å². The zero-order chi connectivity index (χ0) is 18.7. The van der Waals surface area contributed by atoms with E-state index >= 15 is 0 Å². The maximum absolute atomic E-state index is 12.3. The molecule has 2 fully saturated rings. The van der Waals surface area contributed by atoms with Gasteiger partial charge in [-0.1, -0.05) is 0 Å². The van der Waals surface area contributed by atoms with Crippen LogP contribution in [-0.2, 0) is 4.79 Å². The first-order valence-electron chi connectivity index (χ1n) is 9.48. The highest BCUT2D eigenvalue weighted by molar-refractivity contribution is 5.77. The maximum atomic E-state index is 12.3. The Morgan fingerprint density at radius 1 is 1.38 bits per heavy atom. The van der Waals surface area contributed by atoms with Gasteiger partial charge in [0.1, 0.15) is 5.82 Å². The number of hydrogen-bond acceptors (Lipinski definition) is 7. The molecule has 26 heavy (non-hydrogen) atoms. The third kappa shape index (κ3) is 4.17. The van der Waals surface area contributed by atoms with Gasteiger partial charge in [-0.25, -0.2) is 0 Å². The molecule has 2 saturated heterocycles. The Bertz CT molecular complexity index is 638. The molecule has 3 N–H and O–H groups in total. The molecule has 0 radical (unpaired) electrons. The lowest BCUT2D eigenvalue weighted by molar-refractivity contribution is -0.139. The molecule has 0 bridgehead atoms. The monoisotopic (exact) mass is 362 g/mol. The minimum atomic E-state index is 0.0352. The molecule has 0 saturated carbocycles. The van der Waals surface area contributed by atoms with Crippen LogP contribution in [0.5, 0.6) is 5.88 Å². The van der Waals surface area contributed by atoms with Crippen molar-refractivity contribution in [1.82, 2.24) is 20.2 Å². The summed E-state index contributed by atoms with van der Waals surface area (Å²) >= 11 is 0. The SMILES string of the molecule is CNCCN1C(=O)CC[C@H]2CN(c3cc(OC(C)C)nc(N)n3)CC[C@H]21. The Morgan fingerprint density at radius 2 is 2.19 bits per heavy atom. The Hall–Kier alpha value is -2.09. The highest BCUT2D eigenvalue weighted by Gasteiger charge is 2.39. The molecule has 2 aliphatic rings. The minimum absolute atomic E-state index is 0.0352. The number of nitrogen functional groups attached to an aromatic ring is 1. The third-order valence-corrected chi connectivity index (χ3v) is 5.13. The normalized spacial score (nSPS) is 23.3. The molecule has 144 valence electrons. The van der Waals surface area contributed by atoms with Crippen molar-refractivity contribution in [3.05, 3.63) is 6.07 Å². The van der Waals surface area contributed by atoms with E-state index in [-0.39, 0.29) is 18.0 Å². The van der Waals surface area contributed by atoms with E-state index < -0.39 is 0 Å². The fraction of sp³-hybridized carbons (Fsp3) is 0.722. The van der Waals surface area contributed by atoms with Crippen LogP contribution in [0, 0.1) is 5.92 Å². The molecular formula is C18H30N6O2. The van der Waals surface area contributed by atoms with Crippen molar-refractivity contribution in [2.24, 2.45) is 5.92 Å².